The van der Waals surface area contributed by atoms with Crippen LogP contribution in [0.1, 0.15) is 17.4 Å². The lowest BCUT2D eigenvalue weighted by molar-refractivity contribution is 0.0519. The van der Waals surface area contributed by atoms with Crippen LogP contribution in [-0.2, 0) is 16.2 Å². The minimum atomic E-state index is -1.07. The number of nitrogens with zero attached hydrogens (tertiary/aromatic N) is 2. The fraction of sp³-hybridized carbons (Fsp3) is 0.667. The van der Waals surface area contributed by atoms with E-state index in [9.17, 15) is 4.79 Å². The van der Waals surface area contributed by atoms with Crippen molar-refractivity contribution in [2.75, 3.05) is 13.2 Å². The maximum absolute atomic E-state index is 11.5. The molecule has 0 amide bonds. The molecule has 0 saturated heterocycles. The summed E-state index contributed by atoms with van der Waals surface area (Å²) in [5, 5.41) is 0. The Balaban J connectivity index is 2.48. The van der Waals surface area contributed by atoms with Crippen molar-refractivity contribution in [2.24, 2.45) is 0 Å². The van der Waals surface area contributed by atoms with Gasteiger partial charge in [0.1, 0.15) is 6.73 Å². The maximum atomic E-state index is 11.5. The van der Waals surface area contributed by atoms with E-state index in [0.29, 0.717) is 23.8 Å². The highest BCUT2D eigenvalue weighted by Crippen LogP contribution is 2.13. The van der Waals surface area contributed by atoms with Gasteiger partial charge in [-0.15, -0.1) is 0 Å². The third kappa shape index (κ3) is 5.88. The van der Waals surface area contributed by atoms with E-state index in [1.54, 1.807) is 17.7 Å². The first-order valence-corrected chi connectivity index (χ1v) is 10.8. The van der Waals surface area contributed by atoms with Gasteiger partial charge in [-0.2, -0.15) is 0 Å². The van der Waals surface area contributed by atoms with E-state index in [2.05, 4.69) is 40.6 Å². The van der Waals surface area contributed by atoms with Gasteiger partial charge in [0.25, 0.3) is 0 Å². The predicted molar refractivity (Wildman–Crippen MR) is 80.0 cm³/mol. The van der Waals surface area contributed by atoms with E-state index in [1.807, 2.05) is 0 Å². The highest BCUT2D eigenvalue weighted by molar-refractivity contribution is 9.10. The smallest absolute Gasteiger partial charge is 0.358 e. The molecule has 1 aromatic heterocycles. The van der Waals surface area contributed by atoms with Crippen LogP contribution >= 0.6 is 15.9 Å². The van der Waals surface area contributed by atoms with Gasteiger partial charge in [0, 0.05) is 20.9 Å². The van der Waals surface area contributed by atoms with Gasteiger partial charge in [-0.25, -0.2) is 9.78 Å². The van der Waals surface area contributed by atoms with E-state index in [1.165, 1.54) is 0 Å². The Hall–Kier alpha value is -0.663. The van der Waals surface area contributed by atoms with Crippen LogP contribution < -0.4 is 0 Å². The van der Waals surface area contributed by atoms with Gasteiger partial charge in [0.05, 0.1) is 6.61 Å². The molecular formula is C12H21BrN2O3Si. The van der Waals surface area contributed by atoms with Crippen LogP contribution in [0.5, 0.6) is 0 Å². The SMILES string of the molecule is CCOC(=O)c1cn(COCC[Si](C)(C)C)c(Br)n1. The number of ether oxygens (including phenoxy) is 2. The van der Waals surface area contributed by atoms with Gasteiger partial charge in [0.15, 0.2) is 10.4 Å². The van der Waals surface area contributed by atoms with Crippen LogP contribution in [0.3, 0.4) is 0 Å². The van der Waals surface area contributed by atoms with Crippen LogP contribution in [0.15, 0.2) is 10.9 Å². The van der Waals surface area contributed by atoms with Crippen molar-refractivity contribution in [3.05, 3.63) is 16.6 Å². The largest absolute Gasteiger partial charge is 0.461 e. The Kier molecular flexibility index (Phi) is 6.22. The fourth-order valence-electron chi connectivity index (χ4n) is 1.33. The van der Waals surface area contributed by atoms with E-state index >= 15 is 0 Å². The lowest BCUT2D eigenvalue weighted by Crippen LogP contribution is -2.22. The van der Waals surface area contributed by atoms with Crippen molar-refractivity contribution in [1.82, 2.24) is 9.55 Å². The summed E-state index contributed by atoms with van der Waals surface area (Å²) in [6, 6.07) is 1.12. The molecular weight excluding hydrogens is 328 g/mol. The Morgan fingerprint density at radius 1 is 1.47 bits per heavy atom. The van der Waals surface area contributed by atoms with Crippen molar-refractivity contribution in [3.8, 4) is 0 Å². The highest BCUT2D eigenvalue weighted by Gasteiger charge is 2.15. The van der Waals surface area contributed by atoms with Crippen LogP contribution in [0.4, 0.5) is 0 Å². The molecule has 0 N–H and O–H groups in total. The van der Waals surface area contributed by atoms with Gasteiger partial charge in [-0.3, -0.25) is 0 Å². The summed E-state index contributed by atoms with van der Waals surface area (Å²) in [5.74, 6) is -0.413. The minimum absolute atomic E-state index is 0.294. The zero-order valence-corrected chi connectivity index (χ0v) is 14.5. The first-order valence-electron chi connectivity index (χ1n) is 6.31. The van der Waals surface area contributed by atoms with Crippen molar-refractivity contribution in [1.29, 1.82) is 0 Å². The Morgan fingerprint density at radius 2 is 2.16 bits per heavy atom. The molecule has 0 aliphatic carbocycles. The predicted octanol–water partition coefficient (Wildman–Crippen LogP) is 3.13. The molecule has 0 saturated carbocycles. The molecule has 0 aromatic carbocycles. The molecule has 7 heteroatoms. The first-order chi connectivity index (χ1) is 8.83. The number of esters is 1. The van der Waals surface area contributed by atoms with Gasteiger partial charge < -0.3 is 14.0 Å². The second-order valence-corrected chi connectivity index (χ2v) is 11.8. The molecule has 5 nitrogen and oxygen atoms in total. The summed E-state index contributed by atoms with van der Waals surface area (Å²) >= 11 is 3.30. The summed E-state index contributed by atoms with van der Waals surface area (Å²) in [6.45, 7) is 10.2. The third-order valence-electron chi connectivity index (χ3n) is 2.44. The van der Waals surface area contributed by atoms with Crippen LogP contribution in [0.2, 0.25) is 25.7 Å². The molecule has 0 aliphatic heterocycles. The van der Waals surface area contributed by atoms with Crippen LogP contribution in [-0.4, -0.2) is 36.8 Å². The van der Waals surface area contributed by atoms with Gasteiger partial charge in [0.2, 0.25) is 0 Å². The van der Waals surface area contributed by atoms with Crippen molar-refractivity contribution < 1.29 is 14.3 Å². The van der Waals surface area contributed by atoms with Crippen LogP contribution in [0.25, 0.3) is 0 Å². The van der Waals surface area contributed by atoms with Crippen molar-refractivity contribution in [2.45, 2.75) is 39.3 Å². The first kappa shape index (κ1) is 16.4. The zero-order valence-electron chi connectivity index (χ0n) is 11.9. The molecule has 0 unspecified atom stereocenters. The number of imidazole rings is 1. The fourth-order valence-corrected chi connectivity index (χ4v) is 2.48. The quantitative estimate of drug-likeness (QED) is 0.431. The van der Waals surface area contributed by atoms with E-state index in [4.69, 9.17) is 9.47 Å². The normalized spacial score (nSPS) is 11.6. The summed E-state index contributed by atoms with van der Waals surface area (Å²) < 4.78 is 12.8. The molecule has 1 heterocycles. The van der Waals surface area contributed by atoms with E-state index in [0.717, 1.165) is 12.7 Å². The second-order valence-electron chi connectivity index (χ2n) is 5.43. The standard InChI is InChI=1S/C12H21BrN2O3Si/c1-5-18-11(16)10-8-15(12(13)14-10)9-17-6-7-19(2,3)4/h8H,5-7,9H2,1-4H3. The lowest BCUT2D eigenvalue weighted by Gasteiger charge is -2.15. The number of rotatable bonds is 7. The number of carbonyl (C=O) groups excluding carboxylic acids is 1. The Bertz CT molecular complexity index is 429. The monoisotopic (exact) mass is 348 g/mol. The molecule has 19 heavy (non-hydrogen) atoms. The number of aromatic nitrogens is 2. The Labute approximate surface area is 123 Å². The zero-order chi connectivity index (χ0) is 14.5. The van der Waals surface area contributed by atoms with E-state index in [-0.39, 0.29) is 0 Å². The molecule has 0 bridgehead atoms. The summed E-state index contributed by atoms with van der Waals surface area (Å²) in [4.78, 5) is 15.6. The average Bonchev–Trinajstić information content (AvgIpc) is 2.66. The molecule has 0 atom stereocenters. The lowest BCUT2D eigenvalue weighted by atomic mass is 10.5. The number of carbonyl (C=O) groups is 1. The summed E-state index contributed by atoms with van der Waals surface area (Å²) in [5.41, 5.74) is 0.294. The second kappa shape index (κ2) is 7.21. The summed E-state index contributed by atoms with van der Waals surface area (Å²) in [7, 11) is -1.07. The topological polar surface area (TPSA) is 53.4 Å². The third-order valence-corrected chi connectivity index (χ3v) is 4.78. The van der Waals surface area contributed by atoms with Gasteiger partial charge >= 0.3 is 5.97 Å². The summed E-state index contributed by atoms with van der Waals surface area (Å²) in [6.07, 6.45) is 1.64. The van der Waals surface area contributed by atoms with Crippen LogP contribution in [0, 0.1) is 0 Å². The Morgan fingerprint density at radius 3 is 2.74 bits per heavy atom. The van der Waals surface area contributed by atoms with Crippen molar-refractivity contribution >= 4 is 30.0 Å². The molecule has 0 spiro atoms. The molecule has 0 aliphatic rings. The molecule has 0 fully saturated rings. The number of hydrogen-bond donors (Lipinski definition) is 0. The van der Waals surface area contributed by atoms with Gasteiger partial charge in [-0.1, -0.05) is 19.6 Å². The molecule has 1 aromatic rings. The maximum Gasteiger partial charge on any atom is 0.358 e. The van der Waals surface area contributed by atoms with Crippen molar-refractivity contribution in [3.63, 3.8) is 0 Å². The number of halogens is 1. The average molecular weight is 349 g/mol. The molecule has 108 valence electrons. The van der Waals surface area contributed by atoms with Gasteiger partial charge in [-0.05, 0) is 28.9 Å². The highest BCUT2D eigenvalue weighted by atomic mass is 79.9. The molecule has 0 radical (unpaired) electrons. The van der Waals surface area contributed by atoms with E-state index < -0.39 is 14.0 Å². The number of hydrogen-bond acceptors (Lipinski definition) is 4. The minimum Gasteiger partial charge on any atom is -0.461 e. The molecule has 1 rings (SSSR count).